The number of anilines is 1. The van der Waals surface area contributed by atoms with Crippen molar-refractivity contribution in [2.75, 3.05) is 45.2 Å². The Hall–Kier alpha value is -1.78. The number of hydrogen-bond donors (Lipinski definition) is 2. The van der Waals surface area contributed by atoms with Gasteiger partial charge in [-0.1, -0.05) is 0 Å². The van der Waals surface area contributed by atoms with Crippen LogP contribution >= 0.6 is 11.8 Å². The molecule has 2 fully saturated rings. The molecule has 170 valence electrons. The highest BCUT2D eigenvalue weighted by molar-refractivity contribution is 7.99. The van der Waals surface area contributed by atoms with Gasteiger partial charge in [0.15, 0.2) is 11.6 Å². The molecule has 2 atom stereocenters. The van der Waals surface area contributed by atoms with Crippen LogP contribution in [0.5, 0.6) is 0 Å². The number of halogens is 3. The van der Waals surface area contributed by atoms with Crippen LogP contribution in [0, 0.1) is 17.6 Å². The minimum Gasteiger partial charge on any atom is -0.382 e. The number of fused-ring (bicyclic) bond motifs is 1. The van der Waals surface area contributed by atoms with Crippen LogP contribution in [0.4, 0.5) is 18.9 Å². The summed E-state index contributed by atoms with van der Waals surface area (Å²) in [6.07, 6.45) is 1.47. The molecular weight excluding hydrogens is 429 g/mol. The van der Waals surface area contributed by atoms with Crippen molar-refractivity contribution in [2.24, 2.45) is 5.92 Å². The Bertz CT molecular complexity index is 983. The maximum Gasteiger partial charge on any atom is 0.261 e. The monoisotopic (exact) mass is 456 g/mol. The lowest BCUT2D eigenvalue weighted by molar-refractivity contribution is 0.1000. The molecule has 2 saturated heterocycles. The molecule has 2 aliphatic heterocycles. The number of ether oxygens (including phenoxy) is 1. The number of piperidine rings is 1. The fourth-order valence-corrected chi connectivity index (χ4v) is 5.15. The molecule has 0 saturated carbocycles. The predicted octanol–water partition coefficient (Wildman–Crippen LogP) is 3.32. The molecular formula is C21H27F3N4O2S. The molecule has 0 radical (unpaired) electrons. The van der Waals surface area contributed by atoms with E-state index < -0.39 is 28.8 Å². The van der Waals surface area contributed by atoms with Crippen LogP contribution < -0.4 is 10.9 Å². The molecule has 6 nitrogen and oxygen atoms in total. The molecule has 2 N–H and O–H groups in total. The SMILES string of the molecule is CN1CC[C@H](CNc2cc3nc(CSC4CCOCC4)[nH]c(=O)c3c(F)c2F)[C@H](F)C1. The molecule has 2 aliphatic rings. The lowest BCUT2D eigenvalue weighted by Gasteiger charge is -2.32. The normalized spacial score (nSPS) is 23.4. The summed E-state index contributed by atoms with van der Waals surface area (Å²) >= 11 is 1.67. The molecule has 1 aromatic heterocycles. The van der Waals surface area contributed by atoms with Gasteiger partial charge in [0.25, 0.3) is 5.56 Å². The van der Waals surface area contributed by atoms with Gasteiger partial charge >= 0.3 is 0 Å². The number of benzene rings is 1. The van der Waals surface area contributed by atoms with E-state index >= 15 is 0 Å². The third-order valence-electron chi connectivity index (χ3n) is 5.98. The highest BCUT2D eigenvalue weighted by Gasteiger charge is 2.28. The van der Waals surface area contributed by atoms with Crippen molar-refractivity contribution >= 4 is 28.4 Å². The zero-order valence-corrected chi connectivity index (χ0v) is 18.2. The minimum absolute atomic E-state index is 0.0907. The van der Waals surface area contributed by atoms with Crippen molar-refractivity contribution in [3.63, 3.8) is 0 Å². The number of nitrogens with zero attached hydrogens (tertiary/aromatic N) is 2. The van der Waals surface area contributed by atoms with Crippen LogP contribution in [-0.4, -0.2) is 66.2 Å². The van der Waals surface area contributed by atoms with E-state index in [0.29, 0.717) is 29.8 Å². The highest BCUT2D eigenvalue weighted by Crippen LogP contribution is 2.28. The van der Waals surface area contributed by atoms with Gasteiger partial charge in [0.2, 0.25) is 0 Å². The van der Waals surface area contributed by atoms with Gasteiger partial charge in [-0.2, -0.15) is 11.8 Å². The second-order valence-corrected chi connectivity index (χ2v) is 9.58. The number of likely N-dealkylation sites (tertiary alicyclic amines) is 1. The third-order valence-corrected chi connectivity index (χ3v) is 7.37. The number of H-pyrrole nitrogens is 1. The number of aromatic nitrogens is 2. The summed E-state index contributed by atoms with van der Waals surface area (Å²) in [5.41, 5.74) is -0.708. The summed E-state index contributed by atoms with van der Waals surface area (Å²) in [5, 5.41) is 2.86. The summed E-state index contributed by atoms with van der Waals surface area (Å²) < 4.78 is 48.8. The molecule has 2 aromatic rings. The Kier molecular flexibility index (Phi) is 7.08. The Labute approximate surface area is 182 Å². The Balaban J connectivity index is 1.52. The van der Waals surface area contributed by atoms with Gasteiger partial charge in [-0.25, -0.2) is 18.2 Å². The second kappa shape index (κ2) is 9.79. The fraction of sp³-hybridized carbons (Fsp3) is 0.619. The summed E-state index contributed by atoms with van der Waals surface area (Å²) in [6, 6.07) is 1.34. The van der Waals surface area contributed by atoms with E-state index in [9.17, 15) is 18.0 Å². The quantitative estimate of drug-likeness (QED) is 0.695. The first-order valence-corrected chi connectivity index (χ1v) is 11.6. The molecule has 0 spiro atoms. The number of thioether (sulfide) groups is 1. The van der Waals surface area contributed by atoms with E-state index in [1.54, 1.807) is 11.8 Å². The molecule has 31 heavy (non-hydrogen) atoms. The van der Waals surface area contributed by atoms with Gasteiger partial charge in [0, 0.05) is 37.5 Å². The fourth-order valence-electron chi connectivity index (χ4n) is 4.10. The van der Waals surface area contributed by atoms with Crippen LogP contribution in [0.3, 0.4) is 0 Å². The minimum atomic E-state index is -1.24. The largest absolute Gasteiger partial charge is 0.382 e. The molecule has 3 heterocycles. The van der Waals surface area contributed by atoms with Gasteiger partial charge in [-0.05, 0) is 38.9 Å². The maximum atomic E-state index is 14.6. The number of rotatable bonds is 6. The van der Waals surface area contributed by atoms with Gasteiger partial charge in [-0.15, -0.1) is 0 Å². The van der Waals surface area contributed by atoms with E-state index in [-0.39, 0.29) is 23.7 Å². The summed E-state index contributed by atoms with van der Waals surface area (Å²) in [7, 11) is 1.86. The van der Waals surface area contributed by atoms with Gasteiger partial charge in [-0.3, -0.25) is 4.79 Å². The van der Waals surface area contributed by atoms with Crippen molar-refractivity contribution in [1.29, 1.82) is 0 Å². The predicted molar refractivity (Wildman–Crippen MR) is 116 cm³/mol. The van der Waals surface area contributed by atoms with Gasteiger partial charge in [0.05, 0.1) is 17.0 Å². The third kappa shape index (κ3) is 5.18. The zero-order chi connectivity index (χ0) is 22.0. The zero-order valence-electron chi connectivity index (χ0n) is 17.4. The first kappa shape index (κ1) is 22.4. The van der Waals surface area contributed by atoms with Crippen molar-refractivity contribution in [3.05, 3.63) is 33.9 Å². The van der Waals surface area contributed by atoms with Crippen molar-refractivity contribution in [3.8, 4) is 0 Å². The topological polar surface area (TPSA) is 70.2 Å². The summed E-state index contributed by atoms with van der Waals surface area (Å²) in [5.74, 6) is -1.78. The molecule has 0 bridgehead atoms. The van der Waals surface area contributed by atoms with Crippen molar-refractivity contribution < 1.29 is 17.9 Å². The average Bonchev–Trinajstić information content (AvgIpc) is 2.75. The van der Waals surface area contributed by atoms with Crippen LogP contribution in [0.25, 0.3) is 10.9 Å². The molecule has 10 heteroatoms. The average molecular weight is 457 g/mol. The van der Waals surface area contributed by atoms with Gasteiger partial charge in [0.1, 0.15) is 17.4 Å². The number of alkyl halides is 1. The summed E-state index contributed by atoms with van der Waals surface area (Å²) in [6.45, 7) is 2.71. The van der Waals surface area contributed by atoms with Crippen molar-refractivity contribution in [2.45, 2.75) is 36.4 Å². The lowest BCUT2D eigenvalue weighted by atomic mass is 9.95. The molecule has 0 amide bonds. The van der Waals surface area contributed by atoms with E-state index in [1.165, 1.54) is 6.07 Å². The van der Waals surface area contributed by atoms with E-state index in [2.05, 4.69) is 15.3 Å². The van der Waals surface area contributed by atoms with Crippen LogP contribution in [0.15, 0.2) is 10.9 Å². The first-order chi connectivity index (χ1) is 14.9. The van der Waals surface area contributed by atoms with E-state index in [4.69, 9.17) is 4.74 Å². The molecule has 0 aliphatic carbocycles. The maximum absolute atomic E-state index is 14.6. The molecule has 0 unspecified atom stereocenters. The second-order valence-electron chi connectivity index (χ2n) is 8.29. The number of nitrogens with one attached hydrogen (secondary N) is 2. The number of hydrogen-bond acceptors (Lipinski definition) is 6. The number of aromatic amines is 1. The highest BCUT2D eigenvalue weighted by atomic mass is 32.2. The Morgan fingerprint density at radius 3 is 2.81 bits per heavy atom. The van der Waals surface area contributed by atoms with E-state index in [1.807, 2.05) is 11.9 Å². The Morgan fingerprint density at radius 2 is 2.06 bits per heavy atom. The molecule has 4 rings (SSSR count). The standard InChI is InChI=1S/C21H27F3N4O2S/c1-28-5-2-12(14(22)10-28)9-25-16-8-15-18(20(24)19(16)23)21(29)27-17(26-15)11-31-13-3-6-30-7-4-13/h8,12-14,25H,2-7,9-11H2,1H3,(H,26,27,29)/t12-,14-/m1/s1. The van der Waals surface area contributed by atoms with Crippen molar-refractivity contribution in [1.82, 2.24) is 14.9 Å². The molecule has 1 aromatic carbocycles. The van der Waals surface area contributed by atoms with Crippen LogP contribution in [0.1, 0.15) is 25.1 Å². The van der Waals surface area contributed by atoms with Crippen LogP contribution in [-0.2, 0) is 10.5 Å². The van der Waals surface area contributed by atoms with Crippen LogP contribution in [0.2, 0.25) is 0 Å². The van der Waals surface area contributed by atoms with E-state index in [0.717, 1.165) is 32.6 Å². The lowest BCUT2D eigenvalue weighted by Crippen LogP contribution is -2.42. The first-order valence-electron chi connectivity index (χ1n) is 10.6. The smallest absolute Gasteiger partial charge is 0.261 e. The van der Waals surface area contributed by atoms with Gasteiger partial charge < -0.3 is 19.9 Å². The summed E-state index contributed by atoms with van der Waals surface area (Å²) in [4.78, 5) is 21.3. The Morgan fingerprint density at radius 1 is 1.29 bits per heavy atom.